The van der Waals surface area contributed by atoms with E-state index in [0.29, 0.717) is 17.1 Å². The van der Waals surface area contributed by atoms with Crippen molar-refractivity contribution in [2.45, 2.75) is 20.0 Å². The van der Waals surface area contributed by atoms with Gasteiger partial charge in [0.05, 0.1) is 11.8 Å². The summed E-state index contributed by atoms with van der Waals surface area (Å²) in [7, 11) is 0. The van der Waals surface area contributed by atoms with E-state index in [-0.39, 0.29) is 6.10 Å². The molecule has 0 bridgehead atoms. The second-order valence-electron chi connectivity index (χ2n) is 4.42. The van der Waals surface area contributed by atoms with E-state index in [4.69, 9.17) is 4.74 Å². The highest BCUT2D eigenvalue weighted by Crippen LogP contribution is 2.28. The third kappa shape index (κ3) is 3.44. The molecule has 0 unspecified atom stereocenters. The van der Waals surface area contributed by atoms with Crippen LogP contribution in [0.15, 0.2) is 42.5 Å². The molecule has 0 heterocycles. The summed E-state index contributed by atoms with van der Waals surface area (Å²) in [6.45, 7) is 3.85. The van der Waals surface area contributed by atoms with Crippen molar-refractivity contribution < 1.29 is 13.5 Å². The van der Waals surface area contributed by atoms with E-state index >= 15 is 0 Å². The molecule has 0 atom stereocenters. The van der Waals surface area contributed by atoms with E-state index in [1.165, 1.54) is 6.07 Å². The van der Waals surface area contributed by atoms with E-state index in [1.807, 2.05) is 38.1 Å². The minimum atomic E-state index is -0.882. The zero-order valence-electron chi connectivity index (χ0n) is 10.8. The van der Waals surface area contributed by atoms with E-state index < -0.39 is 11.6 Å². The van der Waals surface area contributed by atoms with Crippen molar-refractivity contribution >= 4 is 11.4 Å². The number of rotatable bonds is 4. The van der Waals surface area contributed by atoms with Gasteiger partial charge >= 0.3 is 0 Å². The molecule has 2 rings (SSSR count). The quantitative estimate of drug-likeness (QED) is 0.877. The molecule has 0 aliphatic heterocycles. The average molecular weight is 263 g/mol. The molecule has 2 aromatic rings. The lowest BCUT2D eigenvalue weighted by atomic mass is 10.2. The molecule has 0 fully saturated rings. The maximum absolute atomic E-state index is 13.1. The van der Waals surface area contributed by atoms with Crippen molar-refractivity contribution in [2.75, 3.05) is 5.32 Å². The molecule has 0 radical (unpaired) electrons. The van der Waals surface area contributed by atoms with Crippen LogP contribution >= 0.6 is 0 Å². The van der Waals surface area contributed by atoms with Gasteiger partial charge < -0.3 is 10.1 Å². The average Bonchev–Trinajstić information content (AvgIpc) is 2.36. The van der Waals surface area contributed by atoms with Crippen LogP contribution in [0.5, 0.6) is 5.75 Å². The molecule has 1 N–H and O–H groups in total. The number of ether oxygens (including phenoxy) is 1. The second kappa shape index (κ2) is 5.69. The van der Waals surface area contributed by atoms with Crippen molar-refractivity contribution in [1.82, 2.24) is 0 Å². The van der Waals surface area contributed by atoms with Crippen molar-refractivity contribution in [3.8, 4) is 5.75 Å². The molecule has 0 saturated heterocycles. The van der Waals surface area contributed by atoms with Gasteiger partial charge in [-0.3, -0.25) is 0 Å². The number of benzene rings is 2. The number of nitrogens with one attached hydrogen (secondary N) is 1. The van der Waals surface area contributed by atoms with Gasteiger partial charge in [-0.2, -0.15) is 0 Å². The van der Waals surface area contributed by atoms with Gasteiger partial charge in [0.2, 0.25) is 0 Å². The van der Waals surface area contributed by atoms with E-state index in [9.17, 15) is 8.78 Å². The van der Waals surface area contributed by atoms with Crippen LogP contribution in [0.1, 0.15) is 13.8 Å². The lowest BCUT2D eigenvalue weighted by Crippen LogP contribution is -2.07. The fourth-order valence-corrected chi connectivity index (χ4v) is 1.66. The molecular weight excluding hydrogens is 248 g/mol. The Balaban J connectivity index is 2.25. The number of hydrogen-bond acceptors (Lipinski definition) is 2. The van der Waals surface area contributed by atoms with Crippen LogP contribution in [-0.2, 0) is 0 Å². The Kier molecular flexibility index (Phi) is 4.00. The summed E-state index contributed by atoms with van der Waals surface area (Å²) in [4.78, 5) is 0. The van der Waals surface area contributed by atoms with Gasteiger partial charge in [0, 0.05) is 11.8 Å². The minimum absolute atomic E-state index is 0.0351. The van der Waals surface area contributed by atoms with Crippen molar-refractivity contribution in [1.29, 1.82) is 0 Å². The molecule has 0 aromatic heterocycles. The Labute approximate surface area is 111 Å². The monoisotopic (exact) mass is 263 g/mol. The molecule has 0 spiro atoms. The highest BCUT2D eigenvalue weighted by Gasteiger charge is 2.07. The first-order valence-electron chi connectivity index (χ1n) is 6.04. The minimum Gasteiger partial charge on any atom is -0.489 e. The fourth-order valence-electron chi connectivity index (χ4n) is 1.66. The number of halogens is 2. The summed E-state index contributed by atoms with van der Waals surface area (Å²) < 4.78 is 31.6. The molecule has 4 heteroatoms. The van der Waals surface area contributed by atoms with Crippen LogP contribution in [0.4, 0.5) is 20.2 Å². The first kappa shape index (κ1) is 13.3. The molecular formula is C15H15F2NO. The van der Waals surface area contributed by atoms with Crippen LogP contribution in [0.2, 0.25) is 0 Å². The first-order valence-corrected chi connectivity index (χ1v) is 6.04. The summed E-state index contributed by atoms with van der Waals surface area (Å²) in [6, 6.07) is 11.0. The van der Waals surface area contributed by atoms with Gasteiger partial charge in [-0.25, -0.2) is 8.78 Å². The Hall–Kier alpha value is -2.10. The Morgan fingerprint density at radius 1 is 1.00 bits per heavy atom. The Bertz CT molecular complexity index is 570. The summed E-state index contributed by atoms with van der Waals surface area (Å²) in [5.41, 5.74) is 1.18. The molecule has 0 amide bonds. The predicted octanol–water partition coefficient (Wildman–Crippen LogP) is 4.50. The largest absolute Gasteiger partial charge is 0.489 e. The molecule has 0 aliphatic carbocycles. The topological polar surface area (TPSA) is 21.3 Å². The normalized spacial score (nSPS) is 10.6. The predicted molar refractivity (Wildman–Crippen MR) is 71.8 cm³/mol. The highest BCUT2D eigenvalue weighted by atomic mass is 19.2. The molecule has 2 aromatic carbocycles. The maximum atomic E-state index is 13.1. The molecule has 0 aliphatic rings. The fraction of sp³-hybridized carbons (Fsp3) is 0.200. The van der Waals surface area contributed by atoms with Crippen LogP contribution in [0.25, 0.3) is 0 Å². The summed E-state index contributed by atoms with van der Waals surface area (Å²) in [5.74, 6) is -1.08. The van der Waals surface area contributed by atoms with Gasteiger partial charge in [0.1, 0.15) is 5.75 Å². The molecule has 100 valence electrons. The maximum Gasteiger partial charge on any atom is 0.160 e. The third-order valence-electron chi connectivity index (χ3n) is 2.45. The standard InChI is InChI=1S/C15H15F2NO/c1-10(2)19-15-6-4-3-5-14(15)18-11-7-8-12(16)13(17)9-11/h3-10,18H,1-2H3. The van der Waals surface area contributed by atoms with Crippen LogP contribution in [0, 0.1) is 11.6 Å². The van der Waals surface area contributed by atoms with E-state index in [0.717, 1.165) is 12.1 Å². The second-order valence-corrected chi connectivity index (χ2v) is 4.42. The van der Waals surface area contributed by atoms with Crippen molar-refractivity contribution in [2.24, 2.45) is 0 Å². The van der Waals surface area contributed by atoms with Gasteiger partial charge in [-0.15, -0.1) is 0 Å². The molecule has 0 saturated carbocycles. The van der Waals surface area contributed by atoms with E-state index in [1.54, 1.807) is 0 Å². The number of hydrogen-bond donors (Lipinski definition) is 1. The highest BCUT2D eigenvalue weighted by molar-refractivity contribution is 5.66. The zero-order chi connectivity index (χ0) is 13.8. The van der Waals surface area contributed by atoms with Crippen LogP contribution in [0.3, 0.4) is 0 Å². The number of para-hydroxylation sites is 2. The van der Waals surface area contributed by atoms with E-state index in [2.05, 4.69) is 5.32 Å². The van der Waals surface area contributed by atoms with Crippen LogP contribution < -0.4 is 10.1 Å². The molecule has 19 heavy (non-hydrogen) atoms. The smallest absolute Gasteiger partial charge is 0.160 e. The lowest BCUT2D eigenvalue weighted by Gasteiger charge is -2.15. The van der Waals surface area contributed by atoms with Gasteiger partial charge in [-0.1, -0.05) is 12.1 Å². The first-order chi connectivity index (χ1) is 9.06. The van der Waals surface area contributed by atoms with Gasteiger partial charge in [0.15, 0.2) is 11.6 Å². The lowest BCUT2D eigenvalue weighted by molar-refractivity contribution is 0.244. The summed E-state index contributed by atoms with van der Waals surface area (Å²) >= 11 is 0. The zero-order valence-corrected chi connectivity index (χ0v) is 10.8. The number of anilines is 2. The van der Waals surface area contributed by atoms with Crippen molar-refractivity contribution in [3.63, 3.8) is 0 Å². The van der Waals surface area contributed by atoms with Gasteiger partial charge in [-0.05, 0) is 38.1 Å². The third-order valence-corrected chi connectivity index (χ3v) is 2.45. The Morgan fingerprint density at radius 3 is 2.42 bits per heavy atom. The Morgan fingerprint density at radius 2 is 1.74 bits per heavy atom. The molecule has 2 nitrogen and oxygen atoms in total. The summed E-state index contributed by atoms with van der Waals surface area (Å²) in [6.07, 6.45) is 0.0351. The summed E-state index contributed by atoms with van der Waals surface area (Å²) in [5, 5.41) is 3.01. The van der Waals surface area contributed by atoms with Crippen LogP contribution in [-0.4, -0.2) is 6.10 Å². The van der Waals surface area contributed by atoms with Gasteiger partial charge in [0.25, 0.3) is 0 Å². The SMILES string of the molecule is CC(C)Oc1ccccc1Nc1ccc(F)c(F)c1. The van der Waals surface area contributed by atoms with Crippen molar-refractivity contribution in [3.05, 3.63) is 54.1 Å².